The Bertz CT molecular complexity index is 793. The summed E-state index contributed by atoms with van der Waals surface area (Å²) in [6.07, 6.45) is 0.803. The number of fused-ring (bicyclic) bond motifs is 2. The lowest BCUT2D eigenvalue weighted by Crippen LogP contribution is -2.05. The van der Waals surface area contributed by atoms with Crippen LogP contribution in [0.25, 0.3) is 11.3 Å². The maximum Gasteiger partial charge on any atom is 0.260 e. The molecule has 21 heavy (non-hydrogen) atoms. The Labute approximate surface area is 125 Å². The van der Waals surface area contributed by atoms with Gasteiger partial charge in [-0.2, -0.15) is 0 Å². The highest BCUT2D eigenvalue weighted by Gasteiger charge is 2.36. The van der Waals surface area contributed by atoms with Gasteiger partial charge >= 0.3 is 0 Å². The van der Waals surface area contributed by atoms with Gasteiger partial charge in [-0.25, -0.2) is 4.39 Å². The molecule has 3 heterocycles. The number of thiophene rings is 1. The maximum atomic E-state index is 13.5. The number of nitrogens with one attached hydrogen (secondary N) is 1. The number of halogens is 1. The van der Waals surface area contributed by atoms with Crippen LogP contribution in [0.2, 0.25) is 0 Å². The van der Waals surface area contributed by atoms with E-state index in [2.05, 4.69) is 5.32 Å². The van der Waals surface area contributed by atoms with Crippen molar-refractivity contribution in [1.82, 2.24) is 0 Å². The molecule has 0 fully saturated rings. The van der Waals surface area contributed by atoms with Gasteiger partial charge in [0.05, 0.1) is 10.5 Å². The zero-order chi connectivity index (χ0) is 14.6. The second-order valence-corrected chi connectivity index (χ2v) is 5.98. The van der Waals surface area contributed by atoms with Gasteiger partial charge in [-0.1, -0.05) is 6.92 Å². The molecule has 0 saturated carbocycles. The molecule has 3 nitrogen and oxygen atoms in total. The van der Waals surface area contributed by atoms with Gasteiger partial charge in [0, 0.05) is 16.8 Å². The maximum absolute atomic E-state index is 13.5. The third-order valence-corrected chi connectivity index (χ3v) is 4.76. The van der Waals surface area contributed by atoms with Gasteiger partial charge in [-0.3, -0.25) is 4.79 Å². The number of carbonyl (C=O) groups is 1. The molecular formula is C16H12FNO2S. The van der Waals surface area contributed by atoms with Gasteiger partial charge in [0.1, 0.15) is 11.9 Å². The lowest BCUT2D eigenvalue weighted by atomic mass is 10.0. The molecule has 1 aromatic carbocycles. The second-order valence-electron chi connectivity index (χ2n) is 5.07. The minimum absolute atomic E-state index is 0.0286. The lowest BCUT2D eigenvalue weighted by Gasteiger charge is -2.10. The van der Waals surface area contributed by atoms with E-state index in [-0.39, 0.29) is 17.8 Å². The summed E-state index contributed by atoms with van der Waals surface area (Å²) in [7, 11) is 0. The number of amides is 1. The predicted molar refractivity (Wildman–Crippen MR) is 80.3 cm³/mol. The van der Waals surface area contributed by atoms with Crippen molar-refractivity contribution in [3.63, 3.8) is 0 Å². The summed E-state index contributed by atoms with van der Waals surface area (Å²) in [5, 5.41) is 4.76. The zero-order valence-electron chi connectivity index (χ0n) is 11.3. The van der Waals surface area contributed by atoms with E-state index in [1.165, 1.54) is 12.1 Å². The summed E-state index contributed by atoms with van der Waals surface area (Å²) in [5.74, 6) is -0.0183. The average molecular weight is 301 g/mol. The van der Waals surface area contributed by atoms with Gasteiger partial charge < -0.3 is 10.1 Å². The normalized spacial score (nSPS) is 22.8. The summed E-state index contributed by atoms with van der Waals surface area (Å²) in [4.78, 5) is 13.3. The van der Waals surface area contributed by atoms with Crippen LogP contribution in [0.3, 0.4) is 0 Å². The molecular weight excluding hydrogens is 289 g/mol. The van der Waals surface area contributed by atoms with Gasteiger partial charge in [0.2, 0.25) is 0 Å². The highest BCUT2D eigenvalue weighted by Crippen LogP contribution is 2.48. The fourth-order valence-electron chi connectivity index (χ4n) is 2.86. The minimum Gasteiger partial charge on any atom is -0.483 e. The fraction of sp³-hybridized carbons (Fsp3) is 0.188. The molecule has 1 aromatic heterocycles. The summed E-state index contributed by atoms with van der Waals surface area (Å²) >= 11 is 1.55. The first-order valence-electron chi connectivity index (χ1n) is 6.79. The Hall–Kier alpha value is -2.14. The SMILES string of the molecule is CCC1OC(=C2C(=O)Nc3ccc(F)cc32)c2sccc21. The topological polar surface area (TPSA) is 38.3 Å². The largest absolute Gasteiger partial charge is 0.483 e. The number of ether oxygens (including phenoxy) is 1. The Morgan fingerprint density at radius 1 is 1.38 bits per heavy atom. The number of carbonyl (C=O) groups excluding carboxylic acids is 1. The van der Waals surface area contributed by atoms with Gasteiger partial charge in [-0.05, 0) is 36.1 Å². The van der Waals surface area contributed by atoms with Crippen LogP contribution in [0.5, 0.6) is 0 Å². The van der Waals surface area contributed by atoms with Crippen molar-refractivity contribution in [2.45, 2.75) is 19.4 Å². The Morgan fingerprint density at radius 2 is 2.24 bits per heavy atom. The van der Waals surface area contributed by atoms with E-state index < -0.39 is 0 Å². The molecule has 0 saturated heterocycles. The Kier molecular flexibility index (Phi) is 2.65. The third-order valence-electron chi connectivity index (χ3n) is 3.83. The van der Waals surface area contributed by atoms with Crippen LogP contribution in [0, 0.1) is 5.82 Å². The average Bonchev–Trinajstić information content (AvgIpc) is 3.12. The molecule has 106 valence electrons. The van der Waals surface area contributed by atoms with Crippen molar-refractivity contribution < 1.29 is 13.9 Å². The molecule has 0 bridgehead atoms. The molecule has 4 rings (SSSR count). The molecule has 2 aliphatic heterocycles. The van der Waals surface area contributed by atoms with E-state index in [1.807, 2.05) is 18.4 Å². The molecule has 2 aliphatic rings. The van der Waals surface area contributed by atoms with E-state index in [4.69, 9.17) is 4.74 Å². The number of anilines is 1. The first-order valence-corrected chi connectivity index (χ1v) is 7.67. The van der Waals surface area contributed by atoms with E-state index in [9.17, 15) is 9.18 Å². The van der Waals surface area contributed by atoms with Gasteiger partial charge in [0.25, 0.3) is 5.91 Å². The summed E-state index contributed by atoms with van der Waals surface area (Å²) in [6, 6.07) is 6.33. The van der Waals surface area contributed by atoms with Crippen LogP contribution < -0.4 is 5.32 Å². The summed E-state index contributed by atoms with van der Waals surface area (Å²) in [6.45, 7) is 2.04. The van der Waals surface area contributed by atoms with Crippen molar-refractivity contribution in [2.75, 3.05) is 5.32 Å². The van der Waals surface area contributed by atoms with E-state index in [0.29, 0.717) is 22.6 Å². The Balaban J connectivity index is 1.95. The molecule has 1 N–H and O–H groups in total. The highest BCUT2D eigenvalue weighted by atomic mass is 32.1. The van der Waals surface area contributed by atoms with Crippen molar-refractivity contribution in [2.24, 2.45) is 0 Å². The van der Waals surface area contributed by atoms with E-state index >= 15 is 0 Å². The quantitative estimate of drug-likeness (QED) is 0.802. The summed E-state index contributed by atoms with van der Waals surface area (Å²) in [5.41, 5.74) is 2.75. The monoisotopic (exact) mass is 301 g/mol. The number of rotatable bonds is 1. The molecule has 0 aliphatic carbocycles. The number of benzene rings is 1. The summed E-state index contributed by atoms with van der Waals surface area (Å²) < 4.78 is 19.5. The van der Waals surface area contributed by atoms with Crippen molar-refractivity contribution in [3.05, 3.63) is 51.5 Å². The van der Waals surface area contributed by atoms with Crippen molar-refractivity contribution in [3.8, 4) is 0 Å². The van der Waals surface area contributed by atoms with Crippen LogP contribution in [-0.2, 0) is 9.53 Å². The smallest absolute Gasteiger partial charge is 0.260 e. The van der Waals surface area contributed by atoms with Crippen LogP contribution in [-0.4, -0.2) is 5.91 Å². The molecule has 1 atom stereocenters. The standard InChI is InChI=1S/C16H12FNO2S/c1-2-12-9-5-6-21-15(9)14(20-12)13-10-7-8(17)3-4-11(10)18-16(13)19/h3-7,12H,2H2,1H3,(H,18,19). The highest BCUT2D eigenvalue weighted by molar-refractivity contribution is 7.11. The molecule has 0 radical (unpaired) electrons. The predicted octanol–water partition coefficient (Wildman–Crippen LogP) is 4.19. The van der Waals surface area contributed by atoms with E-state index in [1.54, 1.807) is 17.4 Å². The molecule has 1 amide bonds. The zero-order valence-corrected chi connectivity index (χ0v) is 12.1. The van der Waals surface area contributed by atoms with Crippen LogP contribution in [0.15, 0.2) is 29.6 Å². The molecule has 5 heteroatoms. The molecule has 2 aromatic rings. The number of hydrogen-bond donors (Lipinski definition) is 1. The van der Waals surface area contributed by atoms with Crippen LogP contribution in [0.1, 0.15) is 35.5 Å². The third kappa shape index (κ3) is 1.74. The van der Waals surface area contributed by atoms with Crippen LogP contribution in [0.4, 0.5) is 10.1 Å². The lowest BCUT2D eigenvalue weighted by molar-refractivity contribution is -0.110. The van der Waals surface area contributed by atoms with E-state index in [0.717, 1.165) is 16.9 Å². The van der Waals surface area contributed by atoms with Crippen molar-refractivity contribution >= 4 is 34.3 Å². The second kappa shape index (κ2) is 4.43. The first-order chi connectivity index (χ1) is 10.2. The number of hydrogen-bond acceptors (Lipinski definition) is 3. The molecule has 1 unspecified atom stereocenters. The molecule has 0 spiro atoms. The van der Waals surface area contributed by atoms with Gasteiger partial charge in [0.15, 0.2) is 5.76 Å². The fourth-order valence-corrected chi connectivity index (χ4v) is 3.80. The first kappa shape index (κ1) is 12.6. The van der Waals surface area contributed by atoms with Crippen LogP contribution >= 0.6 is 11.3 Å². The van der Waals surface area contributed by atoms with Crippen molar-refractivity contribution in [1.29, 1.82) is 0 Å². The minimum atomic E-state index is -0.361. The van der Waals surface area contributed by atoms with Gasteiger partial charge in [-0.15, -0.1) is 11.3 Å². The Morgan fingerprint density at radius 3 is 3.05 bits per heavy atom.